The molecule has 2 rings (SSSR count). The third kappa shape index (κ3) is 6.80. The van der Waals surface area contributed by atoms with E-state index in [9.17, 15) is 18.0 Å². The molecule has 0 saturated heterocycles. The van der Waals surface area contributed by atoms with E-state index in [1.54, 1.807) is 19.9 Å². The average Bonchev–Trinajstić information content (AvgIpc) is 2.77. The molecule has 0 unspecified atom stereocenters. The van der Waals surface area contributed by atoms with Crippen molar-refractivity contribution in [3.63, 3.8) is 0 Å². The number of nitrogens with zero attached hydrogens (tertiary/aromatic N) is 3. The van der Waals surface area contributed by atoms with Gasteiger partial charge in [0.25, 0.3) is 0 Å². The summed E-state index contributed by atoms with van der Waals surface area (Å²) >= 11 is 0. The molecule has 0 aliphatic rings. The Morgan fingerprint density at radius 1 is 0.971 bits per heavy atom. The highest BCUT2D eigenvalue weighted by atomic mass is 32.2. The van der Waals surface area contributed by atoms with Crippen LogP contribution in [0.1, 0.15) is 37.5 Å². The maximum atomic E-state index is 13.6. The van der Waals surface area contributed by atoms with Gasteiger partial charge in [0, 0.05) is 26.7 Å². The lowest BCUT2D eigenvalue weighted by Crippen LogP contribution is -2.53. The molecule has 0 aliphatic carbocycles. The Bertz CT molecular complexity index is 1100. The summed E-state index contributed by atoms with van der Waals surface area (Å²) in [6.45, 7) is 8.76. The number of rotatable bonds is 10. The number of hydrogen-bond donors (Lipinski definition) is 1. The number of carbonyl (C=O) groups is 2. The summed E-state index contributed by atoms with van der Waals surface area (Å²) in [5.74, 6) is -0.769. The van der Waals surface area contributed by atoms with Crippen molar-refractivity contribution in [3.8, 4) is 0 Å². The molecular formula is C25H36N4O4S. The van der Waals surface area contributed by atoms with Gasteiger partial charge in [0.05, 0.1) is 5.69 Å². The van der Waals surface area contributed by atoms with Gasteiger partial charge in [0.1, 0.15) is 12.6 Å². The molecule has 0 fully saturated rings. The largest absolute Gasteiger partial charge is 0.352 e. The number of anilines is 1. The Labute approximate surface area is 203 Å². The van der Waals surface area contributed by atoms with E-state index in [2.05, 4.69) is 5.32 Å². The average molecular weight is 489 g/mol. The van der Waals surface area contributed by atoms with E-state index in [0.29, 0.717) is 5.69 Å². The third-order valence-electron chi connectivity index (χ3n) is 5.45. The molecule has 8 nitrogen and oxygen atoms in total. The van der Waals surface area contributed by atoms with Crippen LogP contribution in [0.3, 0.4) is 0 Å². The van der Waals surface area contributed by atoms with Crippen LogP contribution in [0.5, 0.6) is 0 Å². The van der Waals surface area contributed by atoms with Crippen LogP contribution in [-0.2, 0) is 26.3 Å². The van der Waals surface area contributed by atoms with E-state index in [4.69, 9.17) is 0 Å². The first-order chi connectivity index (χ1) is 15.8. The molecule has 0 spiro atoms. The van der Waals surface area contributed by atoms with Gasteiger partial charge < -0.3 is 10.2 Å². The monoisotopic (exact) mass is 488 g/mol. The number of nitrogens with one attached hydrogen (secondary N) is 1. The molecule has 0 bridgehead atoms. The lowest BCUT2D eigenvalue weighted by Gasteiger charge is -2.33. The minimum Gasteiger partial charge on any atom is -0.352 e. The number of benzene rings is 2. The van der Waals surface area contributed by atoms with Gasteiger partial charge in [-0.15, -0.1) is 0 Å². The maximum Gasteiger partial charge on any atom is 0.304 e. The van der Waals surface area contributed by atoms with Gasteiger partial charge in [0.2, 0.25) is 11.8 Å². The van der Waals surface area contributed by atoms with Crippen LogP contribution >= 0.6 is 0 Å². The van der Waals surface area contributed by atoms with Crippen molar-refractivity contribution in [1.82, 2.24) is 14.5 Å². The fourth-order valence-electron chi connectivity index (χ4n) is 3.46. The summed E-state index contributed by atoms with van der Waals surface area (Å²) in [4.78, 5) is 27.9. The predicted octanol–water partition coefficient (Wildman–Crippen LogP) is 2.86. The van der Waals surface area contributed by atoms with Gasteiger partial charge >= 0.3 is 10.2 Å². The molecule has 34 heavy (non-hydrogen) atoms. The van der Waals surface area contributed by atoms with Crippen molar-refractivity contribution in [2.45, 2.75) is 53.2 Å². The van der Waals surface area contributed by atoms with E-state index in [1.165, 1.54) is 19.0 Å². The number of aryl methyl sites for hydroxylation is 2. The molecule has 2 aromatic carbocycles. The molecule has 1 atom stereocenters. The van der Waals surface area contributed by atoms with E-state index in [0.717, 1.165) is 25.3 Å². The summed E-state index contributed by atoms with van der Waals surface area (Å²) < 4.78 is 28.7. The lowest BCUT2D eigenvalue weighted by molar-refractivity contribution is -0.139. The standard InChI is InChI=1S/C25H36N4O4S/c1-18(2)26-25(31)21(5)28(16-22-11-9-8-10-12-22)24(30)17-29(34(32,33)27(6)7)23-15-19(3)13-14-20(23)4/h8-15,18,21H,16-17H2,1-7H3,(H,26,31)/t21-/m1/s1. The van der Waals surface area contributed by atoms with Crippen LogP contribution in [0.4, 0.5) is 5.69 Å². The lowest BCUT2D eigenvalue weighted by atomic mass is 10.1. The van der Waals surface area contributed by atoms with E-state index in [-0.39, 0.29) is 18.5 Å². The van der Waals surface area contributed by atoms with Crippen molar-refractivity contribution in [1.29, 1.82) is 0 Å². The quantitative estimate of drug-likeness (QED) is 0.557. The molecule has 186 valence electrons. The van der Waals surface area contributed by atoms with Crippen molar-refractivity contribution >= 4 is 27.7 Å². The molecule has 0 radical (unpaired) electrons. The van der Waals surface area contributed by atoms with E-state index >= 15 is 0 Å². The summed E-state index contributed by atoms with van der Waals surface area (Å²) in [6.07, 6.45) is 0. The second-order valence-electron chi connectivity index (χ2n) is 8.93. The van der Waals surface area contributed by atoms with E-state index in [1.807, 2.05) is 63.2 Å². The zero-order chi connectivity index (χ0) is 25.6. The predicted molar refractivity (Wildman–Crippen MR) is 136 cm³/mol. The molecule has 2 aromatic rings. The van der Waals surface area contributed by atoms with Gasteiger partial charge in [0.15, 0.2) is 0 Å². The van der Waals surface area contributed by atoms with E-state index < -0.39 is 28.7 Å². The fraction of sp³-hybridized carbons (Fsp3) is 0.440. The first-order valence-corrected chi connectivity index (χ1v) is 12.7. The van der Waals surface area contributed by atoms with Crippen LogP contribution < -0.4 is 9.62 Å². The van der Waals surface area contributed by atoms with Gasteiger partial charge in [-0.3, -0.25) is 9.59 Å². The molecule has 9 heteroatoms. The van der Waals surface area contributed by atoms with Crippen molar-refractivity contribution in [2.24, 2.45) is 0 Å². The second kappa shape index (κ2) is 11.5. The van der Waals surface area contributed by atoms with Crippen LogP contribution in [0.15, 0.2) is 48.5 Å². The van der Waals surface area contributed by atoms with Crippen molar-refractivity contribution < 1.29 is 18.0 Å². The minimum absolute atomic E-state index is 0.0933. The van der Waals surface area contributed by atoms with Crippen LogP contribution in [0, 0.1) is 13.8 Å². The molecule has 0 aliphatic heterocycles. The normalized spacial score (nSPS) is 12.5. The molecule has 0 heterocycles. The molecule has 1 N–H and O–H groups in total. The number of amides is 2. The highest BCUT2D eigenvalue weighted by Crippen LogP contribution is 2.26. The van der Waals surface area contributed by atoms with Gasteiger partial charge in [-0.2, -0.15) is 12.7 Å². The Morgan fingerprint density at radius 2 is 1.59 bits per heavy atom. The maximum absolute atomic E-state index is 13.6. The summed E-state index contributed by atoms with van der Waals surface area (Å²) in [7, 11) is -1.12. The summed E-state index contributed by atoms with van der Waals surface area (Å²) in [5.41, 5.74) is 2.87. The third-order valence-corrected chi connectivity index (χ3v) is 7.25. The molecule has 0 saturated carbocycles. The summed E-state index contributed by atoms with van der Waals surface area (Å²) in [6, 6.07) is 13.9. The smallest absolute Gasteiger partial charge is 0.304 e. The van der Waals surface area contributed by atoms with Crippen molar-refractivity contribution in [2.75, 3.05) is 24.9 Å². The number of hydrogen-bond acceptors (Lipinski definition) is 4. The molecule has 0 aromatic heterocycles. The van der Waals surface area contributed by atoms with Gasteiger partial charge in [-0.05, 0) is 57.4 Å². The Balaban J connectivity index is 2.49. The Hall–Kier alpha value is -2.91. The molecule has 2 amide bonds. The van der Waals surface area contributed by atoms with Crippen LogP contribution in [0.25, 0.3) is 0 Å². The first-order valence-electron chi connectivity index (χ1n) is 11.3. The highest BCUT2D eigenvalue weighted by molar-refractivity contribution is 7.90. The number of carbonyl (C=O) groups excluding carboxylic acids is 2. The van der Waals surface area contributed by atoms with Crippen LogP contribution in [0.2, 0.25) is 0 Å². The Morgan fingerprint density at radius 3 is 2.15 bits per heavy atom. The van der Waals surface area contributed by atoms with Crippen LogP contribution in [-0.4, -0.2) is 62.2 Å². The second-order valence-corrected chi connectivity index (χ2v) is 11.0. The topological polar surface area (TPSA) is 90.0 Å². The molecular weight excluding hydrogens is 452 g/mol. The zero-order valence-electron chi connectivity index (χ0n) is 21.1. The van der Waals surface area contributed by atoms with Crippen molar-refractivity contribution in [3.05, 3.63) is 65.2 Å². The van der Waals surface area contributed by atoms with Gasteiger partial charge in [-0.1, -0.05) is 42.5 Å². The van der Waals surface area contributed by atoms with Gasteiger partial charge in [-0.25, -0.2) is 4.31 Å². The Kier molecular flexibility index (Phi) is 9.23. The SMILES string of the molecule is Cc1ccc(C)c(N(CC(=O)N(Cc2ccccc2)[C@H](C)C(=O)NC(C)C)S(=O)(=O)N(C)C)c1. The zero-order valence-corrected chi connectivity index (χ0v) is 21.9. The fourth-order valence-corrected chi connectivity index (χ4v) is 4.57. The highest BCUT2D eigenvalue weighted by Gasteiger charge is 2.33. The summed E-state index contributed by atoms with van der Waals surface area (Å²) in [5, 5.41) is 2.84. The first kappa shape index (κ1) is 27.3. The minimum atomic E-state index is -3.98.